The molecule has 1 aromatic carbocycles. The topological polar surface area (TPSA) is 41.6 Å². The van der Waals surface area contributed by atoms with E-state index in [0.29, 0.717) is 0 Å². The molecule has 1 amide bonds. The number of ether oxygens (including phenoxy) is 1. The van der Waals surface area contributed by atoms with E-state index in [1.54, 1.807) is 6.92 Å². The molecule has 1 aliphatic rings. The first kappa shape index (κ1) is 11.9. The van der Waals surface area contributed by atoms with Crippen LogP contribution in [0.3, 0.4) is 0 Å². The van der Waals surface area contributed by atoms with E-state index in [0.717, 1.165) is 30.9 Å². The van der Waals surface area contributed by atoms with Crippen LogP contribution >= 0.6 is 0 Å². The summed E-state index contributed by atoms with van der Waals surface area (Å²) in [5.74, 6) is 0.837. The third-order valence-corrected chi connectivity index (χ3v) is 2.88. The summed E-state index contributed by atoms with van der Waals surface area (Å²) >= 11 is 0. The second-order valence-electron chi connectivity index (χ2n) is 4.17. The minimum absolute atomic E-state index is 0.0415. The molecule has 0 saturated heterocycles. The van der Waals surface area contributed by atoms with Crippen LogP contribution in [0.4, 0.5) is 5.69 Å². The van der Waals surface area contributed by atoms with Crippen LogP contribution in [0.5, 0.6) is 5.75 Å². The molecule has 0 bridgehead atoms. The van der Waals surface area contributed by atoms with Crippen molar-refractivity contribution in [2.45, 2.75) is 19.4 Å². The van der Waals surface area contributed by atoms with Gasteiger partial charge in [0.15, 0.2) is 6.10 Å². The van der Waals surface area contributed by atoms with Crippen molar-refractivity contribution in [2.75, 3.05) is 25.0 Å². The average Bonchev–Trinajstić information content (AvgIpc) is 2.34. The lowest BCUT2D eigenvalue weighted by molar-refractivity contribution is -0.125. The van der Waals surface area contributed by atoms with E-state index < -0.39 is 0 Å². The molecular formula is C13H18N2O2. The third kappa shape index (κ3) is 2.42. The summed E-state index contributed by atoms with van der Waals surface area (Å²) < 4.78 is 5.57. The van der Waals surface area contributed by atoms with Gasteiger partial charge in [-0.05, 0) is 39.1 Å². The smallest absolute Gasteiger partial charge is 0.267 e. The first-order valence-electron chi connectivity index (χ1n) is 5.95. The number of hydrogen-bond acceptors (Lipinski definition) is 3. The summed E-state index contributed by atoms with van der Waals surface area (Å²) in [6.07, 6.45) is 0.544. The number of rotatable bonds is 4. The van der Waals surface area contributed by atoms with Crippen LogP contribution in [0.25, 0.3) is 0 Å². The average molecular weight is 234 g/mol. The van der Waals surface area contributed by atoms with E-state index in [9.17, 15) is 4.79 Å². The zero-order valence-corrected chi connectivity index (χ0v) is 10.3. The molecule has 1 unspecified atom stereocenters. The number of anilines is 1. The number of amides is 1. The maximum atomic E-state index is 12.1. The summed E-state index contributed by atoms with van der Waals surface area (Å²) in [6, 6.07) is 7.69. The maximum absolute atomic E-state index is 12.1. The van der Waals surface area contributed by atoms with Gasteiger partial charge < -0.3 is 15.0 Å². The van der Waals surface area contributed by atoms with Gasteiger partial charge in [0.1, 0.15) is 5.75 Å². The zero-order valence-electron chi connectivity index (χ0n) is 10.3. The molecule has 0 radical (unpaired) electrons. The lowest BCUT2D eigenvalue weighted by atomic mass is 10.2. The minimum Gasteiger partial charge on any atom is -0.479 e. The molecule has 4 heteroatoms. The third-order valence-electron chi connectivity index (χ3n) is 2.88. The van der Waals surface area contributed by atoms with Crippen molar-refractivity contribution in [1.82, 2.24) is 5.32 Å². The summed E-state index contributed by atoms with van der Waals surface area (Å²) in [7, 11) is 1.91. The molecule has 0 saturated carbocycles. The predicted molar refractivity (Wildman–Crippen MR) is 67.4 cm³/mol. The molecule has 1 N–H and O–H groups in total. The lowest BCUT2D eigenvalue weighted by Crippen LogP contribution is -2.45. The highest BCUT2D eigenvalue weighted by atomic mass is 16.5. The van der Waals surface area contributed by atoms with Crippen LogP contribution < -0.4 is 15.0 Å². The predicted octanol–water partition coefficient (Wildman–Crippen LogP) is 1.41. The van der Waals surface area contributed by atoms with Crippen molar-refractivity contribution in [3.63, 3.8) is 0 Å². The van der Waals surface area contributed by atoms with Crippen molar-refractivity contribution in [1.29, 1.82) is 0 Å². The molecule has 1 heterocycles. The van der Waals surface area contributed by atoms with Crippen molar-refractivity contribution >= 4 is 11.6 Å². The minimum atomic E-state index is -0.389. The summed E-state index contributed by atoms with van der Waals surface area (Å²) in [6.45, 7) is 3.43. The fourth-order valence-electron chi connectivity index (χ4n) is 2.00. The number of para-hydroxylation sites is 2. The van der Waals surface area contributed by atoms with Crippen LogP contribution in [0.15, 0.2) is 24.3 Å². The SMILES string of the molecule is CNCCCN1C(=O)C(C)Oc2ccccc21. The molecular weight excluding hydrogens is 216 g/mol. The molecule has 1 aliphatic heterocycles. The van der Waals surface area contributed by atoms with E-state index in [2.05, 4.69) is 5.32 Å². The number of nitrogens with zero attached hydrogens (tertiary/aromatic N) is 1. The molecule has 92 valence electrons. The summed E-state index contributed by atoms with van der Waals surface area (Å²) in [4.78, 5) is 13.9. The quantitative estimate of drug-likeness (QED) is 0.801. The lowest BCUT2D eigenvalue weighted by Gasteiger charge is -2.33. The van der Waals surface area contributed by atoms with Crippen LogP contribution in [-0.4, -0.2) is 32.1 Å². The van der Waals surface area contributed by atoms with Gasteiger partial charge in [-0.15, -0.1) is 0 Å². The molecule has 1 aromatic rings. The van der Waals surface area contributed by atoms with Gasteiger partial charge in [0.25, 0.3) is 5.91 Å². The first-order valence-corrected chi connectivity index (χ1v) is 5.95. The number of benzene rings is 1. The second-order valence-corrected chi connectivity index (χ2v) is 4.17. The Morgan fingerprint density at radius 2 is 2.18 bits per heavy atom. The van der Waals surface area contributed by atoms with E-state index in [1.165, 1.54) is 0 Å². The van der Waals surface area contributed by atoms with Crippen LogP contribution in [0, 0.1) is 0 Å². The van der Waals surface area contributed by atoms with E-state index in [-0.39, 0.29) is 12.0 Å². The number of fused-ring (bicyclic) bond motifs is 1. The van der Waals surface area contributed by atoms with Gasteiger partial charge >= 0.3 is 0 Å². The van der Waals surface area contributed by atoms with Crippen molar-refractivity contribution in [3.8, 4) is 5.75 Å². The molecule has 4 nitrogen and oxygen atoms in total. The van der Waals surface area contributed by atoms with E-state index in [4.69, 9.17) is 4.74 Å². The van der Waals surface area contributed by atoms with Crippen molar-refractivity contribution in [3.05, 3.63) is 24.3 Å². The zero-order chi connectivity index (χ0) is 12.3. The summed E-state index contributed by atoms with van der Waals surface area (Å²) in [5.41, 5.74) is 0.881. The highest BCUT2D eigenvalue weighted by molar-refractivity contribution is 5.99. The number of hydrogen-bond donors (Lipinski definition) is 1. The Balaban J connectivity index is 2.20. The van der Waals surface area contributed by atoms with Crippen LogP contribution in [0.1, 0.15) is 13.3 Å². The summed E-state index contributed by atoms with van der Waals surface area (Å²) in [5, 5.41) is 3.09. The molecule has 17 heavy (non-hydrogen) atoms. The Bertz CT molecular complexity index is 406. The first-order chi connectivity index (χ1) is 8.24. The Morgan fingerprint density at radius 1 is 1.41 bits per heavy atom. The number of carbonyl (C=O) groups excluding carboxylic acids is 1. The van der Waals surface area contributed by atoms with Gasteiger partial charge in [0.2, 0.25) is 0 Å². The highest BCUT2D eigenvalue weighted by Gasteiger charge is 2.30. The van der Waals surface area contributed by atoms with Gasteiger partial charge in [0, 0.05) is 6.54 Å². The van der Waals surface area contributed by atoms with Gasteiger partial charge in [0.05, 0.1) is 5.69 Å². The fourth-order valence-corrected chi connectivity index (χ4v) is 2.00. The van der Waals surface area contributed by atoms with Crippen LogP contribution in [0.2, 0.25) is 0 Å². The standard InChI is InChI=1S/C13H18N2O2/c1-10-13(16)15(9-5-8-14-2)11-6-3-4-7-12(11)17-10/h3-4,6-7,10,14H,5,8-9H2,1-2H3. The maximum Gasteiger partial charge on any atom is 0.267 e. The van der Waals surface area contributed by atoms with Gasteiger partial charge in [-0.3, -0.25) is 4.79 Å². The Hall–Kier alpha value is -1.55. The van der Waals surface area contributed by atoms with Crippen molar-refractivity contribution in [2.24, 2.45) is 0 Å². The van der Waals surface area contributed by atoms with E-state index in [1.807, 2.05) is 36.2 Å². The molecule has 1 atom stereocenters. The second kappa shape index (κ2) is 5.19. The number of nitrogens with one attached hydrogen (secondary N) is 1. The van der Waals surface area contributed by atoms with Crippen LogP contribution in [-0.2, 0) is 4.79 Å². The van der Waals surface area contributed by atoms with Gasteiger partial charge in [-0.25, -0.2) is 0 Å². The van der Waals surface area contributed by atoms with Gasteiger partial charge in [-0.2, -0.15) is 0 Å². The fraction of sp³-hybridized carbons (Fsp3) is 0.462. The monoisotopic (exact) mass is 234 g/mol. The molecule has 0 aromatic heterocycles. The normalized spacial score (nSPS) is 18.8. The Morgan fingerprint density at radius 3 is 2.94 bits per heavy atom. The van der Waals surface area contributed by atoms with Crippen molar-refractivity contribution < 1.29 is 9.53 Å². The molecule has 2 rings (SSSR count). The number of carbonyl (C=O) groups is 1. The highest BCUT2D eigenvalue weighted by Crippen LogP contribution is 2.33. The van der Waals surface area contributed by atoms with E-state index >= 15 is 0 Å². The van der Waals surface area contributed by atoms with Gasteiger partial charge in [-0.1, -0.05) is 12.1 Å². The Labute approximate surface area is 102 Å². The molecule has 0 spiro atoms. The Kier molecular flexibility index (Phi) is 3.64. The molecule has 0 fully saturated rings. The molecule has 0 aliphatic carbocycles. The largest absolute Gasteiger partial charge is 0.479 e.